The normalized spacial score (nSPS) is 27.7. The van der Waals surface area contributed by atoms with Crippen LogP contribution in [0.3, 0.4) is 0 Å². The van der Waals surface area contributed by atoms with Crippen molar-refractivity contribution in [3.63, 3.8) is 0 Å². The first kappa shape index (κ1) is 46.9. The zero-order valence-electron chi connectivity index (χ0n) is 38.6. The van der Waals surface area contributed by atoms with Gasteiger partial charge in [-0.25, -0.2) is 18.4 Å². The van der Waals surface area contributed by atoms with Gasteiger partial charge in [0.15, 0.2) is 5.78 Å². The summed E-state index contributed by atoms with van der Waals surface area (Å²) in [5, 5.41) is 1.46. The number of ketones is 1. The Bertz CT molecular complexity index is 2410. The highest BCUT2D eigenvalue weighted by molar-refractivity contribution is 7.91. The van der Waals surface area contributed by atoms with Crippen LogP contribution < -0.4 is 18.9 Å². The van der Waals surface area contributed by atoms with Gasteiger partial charge in [0.2, 0.25) is 33.6 Å². The molecule has 3 fully saturated rings. The number of pyridine rings is 2. The van der Waals surface area contributed by atoms with E-state index in [4.69, 9.17) is 23.9 Å². The SMILES string of the molecule is COc1ccc2c(OC3C[C@H]4C(=O)C[C@]5(C(=O)NS(=O)(=O)C6(C)CC6)C[C@H]5/C=C\CC[C@H](C)C[C@@H](C)[C@H](CC(=O)OC(C)(C)C)C(=O)N4C3)nc(-c3ccc(OC(C)C)nc3)cc2c1. The van der Waals surface area contributed by atoms with E-state index >= 15 is 4.79 Å². The summed E-state index contributed by atoms with van der Waals surface area (Å²) in [6, 6.07) is 10.0. The molecule has 15 heteroatoms. The number of nitrogens with zero attached hydrogens (tertiary/aromatic N) is 3. The van der Waals surface area contributed by atoms with E-state index in [9.17, 15) is 22.8 Å². The quantitative estimate of drug-likeness (QED) is 0.146. The number of Topliss-reactive ketones (excluding diaryl/α,β-unsaturated/α-hetero) is 1. The van der Waals surface area contributed by atoms with E-state index in [2.05, 4.69) is 16.6 Å². The molecular weight excluding hydrogens is 837 g/mol. The van der Waals surface area contributed by atoms with Crippen LogP contribution in [0.25, 0.3) is 22.0 Å². The molecule has 7 rings (SSSR count). The summed E-state index contributed by atoms with van der Waals surface area (Å²) in [4.78, 5) is 68.7. The van der Waals surface area contributed by atoms with Crippen LogP contribution in [-0.2, 0) is 33.9 Å². The fourth-order valence-corrected chi connectivity index (χ4v) is 10.6. The van der Waals surface area contributed by atoms with E-state index in [1.807, 2.05) is 57.2 Å². The Hall–Kier alpha value is -5.05. The molecule has 1 aromatic carbocycles. The number of esters is 1. The molecular formula is C49H64N4O10S. The third kappa shape index (κ3) is 10.4. The lowest BCUT2D eigenvalue weighted by Gasteiger charge is -2.32. The smallest absolute Gasteiger partial charge is 0.307 e. The highest BCUT2D eigenvalue weighted by Gasteiger charge is 2.62. The number of benzene rings is 1. The van der Waals surface area contributed by atoms with Crippen molar-refractivity contribution in [2.75, 3.05) is 13.7 Å². The Morgan fingerprint density at radius 3 is 2.45 bits per heavy atom. The number of carbonyl (C=O) groups is 4. The van der Waals surface area contributed by atoms with E-state index in [-0.39, 0.29) is 67.2 Å². The Morgan fingerprint density at radius 1 is 1.05 bits per heavy atom. The highest BCUT2D eigenvalue weighted by atomic mass is 32.2. The lowest BCUT2D eigenvalue weighted by Crippen LogP contribution is -2.48. The largest absolute Gasteiger partial charge is 0.497 e. The van der Waals surface area contributed by atoms with E-state index in [0.29, 0.717) is 60.4 Å². The van der Waals surface area contributed by atoms with Crippen molar-refractivity contribution in [3.05, 3.63) is 54.7 Å². The Balaban J connectivity index is 1.26. The second-order valence-electron chi connectivity index (χ2n) is 20.1. The van der Waals surface area contributed by atoms with Crippen molar-refractivity contribution in [3.8, 4) is 28.8 Å². The second-order valence-corrected chi connectivity index (χ2v) is 22.3. The topological polar surface area (TPSA) is 180 Å². The summed E-state index contributed by atoms with van der Waals surface area (Å²) in [7, 11) is -2.40. The van der Waals surface area contributed by atoms with Crippen molar-refractivity contribution in [1.29, 1.82) is 0 Å². The van der Waals surface area contributed by atoms with Gasteiger partial charge in [-0.3, -0.25) is 23.9 Å². The van der Waals surface area contributed by atoms with Crippen LogP contribution in [0.2, 0.25) is 0 Å². The number of ether oxygens (including phenoxy) is 4. The number of methoxy groups -OCH3 is 1. The summed E-state index contributed by atoms with van der Waals surface area (Å²) in [5.41, 5.74) is -0.806. The van der Waals surface area contributed by atoms with Crippen molar-refractivity contribution in [2.45, 2.75) is 142 Å². The van der Waals surface area contributed by atoms with Gasteiger partial charge in [-0.05, 0) is 134 Å². The summed E-state index contributed by atoms with van der Waals surface area (Å²) in [6.07, 6.45) is 7.83. The minimum absolute atomic E-state index is 0.00391. The number of aromatic nitrogens is 2. The number of carbonyl (C=O) groups excluding carboxylic acids is 4. The summed E-state index contributed by atoms with van der Waals surface area (Å²) < 4.78 is 51.9. The number of allylic oxidation sites excluding steroid dienone is 2. The minimum Gasteiger partial charge on any atom is -0.497 e. The van der Waals surface area contributed by atoms with Gasteiger partial charge in [0.05, 0.1) is 54.0 Å². The molecule has 3 aromatic rings. The van der Waals surface area contributed by atoms with Crippen molar-refractivity contribution < 1.29 is 46.5 Å². The lowest BCUT2D eigenvalue weighted by molar-refractivity contribution is -0.160. The van der Waals surface area contributed by atoms with Crippen LogP contribution in [0.5, 0.6) is 17.5 Å². The number of fused-ring (bicyclic) bond motifs is 3. The molecule has 0 spiro atoms. The molecule has 0 bridgehead atoms. The minimum atomic E-state index is -3.99. The van der Waals surface area contributed by atoms with Gasteiger partial charge in [0.25, 0.3) is 0 Å². The van der Waals surface area contributed by atoms with Crippen molar-refractivity contribution >= 4 is 44.4 Å². The fourth-order valence-electron chi connectivity index (χ4n) is 9.22. The van der Waals surface area contributed by atoms with Crippen LogP contribution in [0.15, 0.2) is 54.7 Å². The molecule has 4 aliphatic rings. The molecule has 64 heavy (non-hydrogen) atoms. The fraction of sp³-hybridized carbons (Fsp3) is 0.592. The summed E-state index contributed by atoms with van der Waals surface area (Å²) in [5.74, 6) is -1.80. The first-order chi connectivity index (χ1) is 30.1. The molecule has 1 unspecified atom stereocenters. The molecule has 2 aliphatic heterocycles. The molecule has 2 aliphatic carbocycles. The number of sulfonamides is 1. The zero-order valence-corrected chi connectivity index (χ0v) is 39.5. The van der Waals surface area contributed by atoms with Gasteiger partial charge < -0.3 is 23.8 Å². The molecule has 1 N–H and O–H groups in total. The number of hydrogen-bond donors (Lipinski definition) is 1. The van der Waals surface area contributed by atoms with E-state index in [0.717, 1.165) is 11.8 Å². The van der Waals surface area contributed by atoms with Crippen molar-refractivity contribution in [1.82, 2.24) is 19.6 Å². The number of amides is 2. The van der Waals surface area contributed by atoms with Crippen LogP contribution in [0.4, 0.5) is 0 Å². The third-order valence-electron chi connectivity index (χ3n) is 13.3. The predicted octanol–water partition coefficient (Wildman–Crippen LogP) is 7.77. The Labute approximate surface area is 377 Å². The molecule has 14 nitrogen and oxygen atoms in total. The molecule has 346 valence electrons. The average Bonchev–Trinajstić information content (AvgIpc) is 4.10. The molecule has 2 saturated carbocycles. The van der Waals surface area contributed by atoms with Gasteiger partial charge in [0.1, 0.15) is 17.5 Å². The maximum atomic E-state index is 15.1. The maximum absolute atomic E-state index is 15.1. The lowest BCUT2D eigenvalue weighted by atomic mass is 9.82. The monoisotopic (exact) mass is 900 g/mol. The third-order valence-corrected chi connectivity index (χ3v) is 15.4. The zero-order chi connectivity index (χ0) is 46.4. The van der Waals surface area contributed by atoms with E-state index < -0.39 is 55.7 Å². The van der Waals surface area contributed by atoms with E-state index in [1.165, 1.54) is 4.90 Å². The van der Waals surface area contributed by atoms with Gasteiger partial charge in [-0.1, -0.05) is 26.0 Å². The van der Waals surface area contributed by atoms with Crippen LogP contribution >= 0.6 is 0 Å². The predicted molar refractivity (Wildman–Crippen MR) is 242 cm³/mol. The number of hydrogen-bond acceptors (Lipinski definition) is 12. The van der Waals surface area contributed by atoms with Gasteiger partial charge in [0, 0.05) is 36.1 Å². The number of nitrogens with one attached hydrogen (secondary N) is 1. The first-order valence-corrected chi connectivity index (χ1v) is 24.2. The van der Waals surface area contributed by atoms with E-state index in [1.54, 1.807) is 53.1 Å². The van der Waals surface area contributed by atoms with Gasteiger partial charge in [-0.15, -0.1) is 0 Å². The van der Waals surface area contributed by atoms with Gasteiger partial charge >= 0.3 is 5.97 Å². The average molecular weight is 901 g/mol. The van der Waals surface area contributed by atoms with Crippen LogP contribution in [-0.4, -0.2) is 89.1 Å². The molecule has 1 saturated heterocycles. The maximum Gasteiger partial charge on any atom is 0.307 e. The molecule has 0 radical (unpaired) electrons. The Morgan fingerprint density at radius 2 is 1.80 bits per heavy atom. The summed E-state index contributed by atoms with van der Waals surface area (Å²) >= 11 is 0. The molecule has 7 atom stereocenters. The highest BCUT2D eigenvalue weighted by Crippen LogP contribution is 2.58. The van der Waals surface area contributed by atoms with Crippen LogP contribution in [0.1, 0.15) is 113 Å². The molecule has 2 amide bonds. The molecule has 2 aromatic heterocycles. The van der Waals surface area contributed by atoms with Crippen molar-refractivity contribution in [2.24, 2.45) is 29.1 Å². The second kappa shape index (κ2) is 18.1. The van der Waals surface area contributed by atoms with Crippen LogP contribution in [0, 0.1) is 29.1 Å². The first-order valence-electron chi connectivity index (χ1n) is 22.7. The number of rotatable bonds is 11. The Kier molecular flexibility index (Phi) is 13.3. The van der Waals surface area contributed by atoms with Gasteiger partial charge in [-0.2, -0.15) is 0 Å². The molecule has 4 heterocycles. The standard InChI is InChI=1S/C49H64N4O10S/c1-29(2)61-42-17-14-32(27-50-42)39-22-33-21-35(60-9)15-16-37(33)44(51-39)62-36-23-40-41(54)26-49(46(57)52-64(58,59)48(8)18-19-48)25-34(49)13-11-10-12-30(3)20-31(4)38(45(56)53(40)28-36)24-43(55)63-47(5,6)7/h11,13-17,21-22,27,29-31,34,36,38,40H,10,12,18-20,23-26,28H2,1-9H3,(H,52,57)/b13-11-/t30-,31+,34+,36?,38-,40-,49+/m0/s1. The summed E-state index contributed by atoms with van der Waals surface area (Å²) in [6.45, 7) is 14.9.